The molecule has 38 heavy (non-hydrogen) atoms. The van der Waals surface area contributed by atoms with Crippen LogP contribution in [0.3, 0.4) is 0 Å². The van der Waals surface area contributed by atoms with Gasteiger partial charge in [-0.15, -0.1) is 0 Å². The van der Waals surface area contributed by atoms with Gasteiger partial charge in [-0.1, -0.05) is 45.4 Å². The van der Waals surface area contributed by atoms with E-state index < -0.39 is 29.0 Å². The lowest BCUT2D eigenvalue weighted by molar-refractivity contribution is -0.384. The number of hydrogen-bond donors (Lipinski definition) is 1. The number of amides is 1. The molecule has 0 unspecified atom stereocenters. The predicted molar refractivity (Wildman–Crippen MR) is 145 cm³/mol. The van der Waals surface area contributed by atoms with Crippen LogP contribution in [0.5, 0.6) is 0 Å². The van der Waals surface area contributed by atoms with E-state index in [2.05, 4.69) is 12.2 Å². The van der Waals surface area contributed by atoms with E-state index in [1.807, 2.05) is 0 Å². The van der Waals surface area contributed by atoms with Crippen molar-refractivity contribution in [3.05, 3.63) is 39.9 Å². The van der Waals surface area contributed by atoms with Crippen LogP contribution in [0.1, 0.15) is 70.0 Å². The summed E-state index contributed by atoms with van der Waals surface area (Å²) in [4.78, 5) is 51.6. The number of hydrogen-bond acceptors (Lipinski definition) is 9. The highest BCUT2D eigenvalue weighted by molar-refractivity contribution is 5.77. The average molecular weight is 537 g/mol. The number of benzene rings is 1. The van der Waals surface area contributed by atoms with E-state index in [1.54, 1.807) is 38.0 Å². The molecule has 214 valence electrons. The highest BCUT2D eigenvalue weighted by Gasteiger charge is 2.30. The van der Waals surface area contributed by atoms with Gasteiger partial charge in [-0.25, -0.2) is 0 Å². The third-order valence-corrected chi connectivity index (χ3v) is 5.72. The van der Waals surface area contributed by atoms with Crippen molar-refractivity contribution in [2.45, 2.75) is 70.4 Å². The van der Waals surface area contributed by atoms with Crippen molar-refractivity contribution in [3.63, 3.8) is 0 Å². The molecule has 0 radical (unpaired) electrons. The number of nitrogens with one attached hydrogen (secondary N) is 1. The van der Waals surface area contributed by atoms with Gasteiger partial charge >= 0.3 is 11.9 Å². The van der Waals surface area contributed by atoms with Gasteiger partial charge in [0.25, 0.3) is 5.69 Å². The Morgan fingerprint density at radius 1 is 0.895 bits per heavy atom. The highest BCUT2D eigenvalue weighted by atomic mass is 16.6. The molecule has 1 aromatic rings. The number of unbranched alkanes of at least 4 members (excludes halogenated alkanes) is 6. The first-order chi connectivity index (χ1) is 18.0. The van der Waals surface area contributed by atoms with E-state index in [4.69, 9.17) is 9.47 Å². The van der Waals surface area contributed by atoms with Crippen LogP contribution in [0.15, 0.2) is 24.3 Å². The Balaban J connectivity index is 3.06. The third kappa shape index (κ3) is 14.0. The first-order valence-electron chi connectivity index (χ1n) is 13.2. The van der Waals surface area contributed by atoms with Crippen LogP contribution in [0.2, 0.25) is 0 Å². The zero-order valence-electron chi connectivity index (χ0n) is 23.4. The molecule has 11 nitrogen and oxygen atoms in total. The van der Waals surface area contributed by atoms with E-state index in [0.717, 1.165) is 19.3 Å². The minimum Gasteiger partial charge on any atom is -0.462 e. The first-order valence-corrected chi connectivity index (χ1v) is 13.2. The summed E-state index contributed by atoms with van der Waals surface area (Å²) in [6.07, 6.45) is 6.71. The Labute approximate surface area is 226 Å². The largest absolute Gasteiger partial charge is 0.462 e. The number of carbonyl (C=O) groups is 3. The number of ether oxygens (including phenoxy) is 2. The molecule has 1 amide bonds. The molecule has 0 spiro atoms. The smallest absolute Gasteiger partial charge is 0.320 e. The number of carbonyl (C=O) groups excluding carboxylic acids is 3. The van der Waals surface area contributed by atoms with Crippen molar-refractivity contribution in [1.82, 2.24) is 15.1 Å². The van der Waals surface area contributed by atoms with E-state index in [9.17, 15) is 24.5 Å². The van der Waals surface area contributed by atoms with Gasteiger partial charge in [0.1, 0.15) is 12.6 Å². The minimum absolute atomic E-state index is 0.0113. The number of nitro groups is 1. The monoisotopic (exact) mass is 536 g/mol. The van der Waals surface area contributed by atoms with Gasteiger partial charge in [-0.2, -0.15) is 0 Å². The molecule has 0 aliphatic heterocycles. The van der Waals surface area contributed by atoms with Crippen LogP contribution in [-0.4, -0.2) is 86.5 Å². The fraction of sp³-hybridized carbons (Fsp3) is 0.667. The molecule has 0 fully saturated rings. The second kappa shape index (κ2) is 18.2. The maximum absolute atomic E-state index is 12.9. The van der Waals surface area contributed by atoms with E-state index >= 15 is 0 Å². The molecule has 1 N–H and O–H groups in total. The van der Waals surface area contributed by atoms with Crippen LogP contribution in [0.4, 0.5) is 5.69 Å². The summed E-state index contributed by atoms with van der Waals surface area (Å²) in [5.74, 6) is -1.30. The van der Waals surface area contributed by atoms with Crippen molar-refractivity contribution < 1.29 is 28.8 Å². The fourth-order valence-electron chi connectivity index (χ4n) is 3.82. The zero-order chi connectivity index (χ0) is 28.5. The van der Waals surface area contributed by atoms with Crippen LogP contribution < -0.4 is 5.32 Å². The number of esters is 2. The SMILES string of the molecule is CCCCCCCCCC(=O)N[C@H](COC(=O)CN(C)C)[C@H](OC(=O)CN(C)C)c1ccc([N+](=O)[O-])cc1. The molecule has 1 rings (SSSR count). The molecule has 0 heterocycles. The van der Waals surface area contributed by atoms with Crippen molar-refractivity contribution in [3.8, 4) is 0 Å². The Hall–Kier alpha value is -3.05. The van der Waals surface area contributed by atoms with Gasteiger partial charge in [0.05, 0.1) is 18.0 Å². The lowest BCUT2D eigenvalue weighted by Crippen LogP contribution is -2.45. The zero-order valence-corrected chi connectivity index (χ0v) is 23.4. The molecule has 0 saturated carbocycles. The molecule has 0 bridgehead atoms. The molecule has 0 aliphatic rings. The average Bonchev–Trinajstić information content (AvgIpc) is 2.84. The topological polar surface area (TPSA) is 131 Å². The molecular weight excluding hydrogens is 492 g/mol. The Morgan fingerprint density at radius 2 is 1.45 bits per heavy atom. The van der Waals surface area contributed by atoms with E-state index in [1.165, 1.54) is 43.5 Å². The second-order valence-corrected chi connectivity index (χ2v) is 9.96. The van der Waals surface area contributed by atoms with Crippen molar-refractivity contribution in [2.75, 3.05) is 47.9 Å². The van der Waals surface area contributed by atoms with E-state index in [0.29, 0.717) is 12.0 Å². The summed E-state index contributed by atoms with van der Waals surface area (Å²) in [6, 6.07) is 4.67. The molecule has 11 heteroatoms. The van der Waals surface area contributed by atoms with Gasteiger partial charge in [0, 0.05) is 18.6 Å². The number of non-ortho nitro benzene ring substituents is 1. The lowest BCUT2D eigenvalue weighted by atomic mass is 10.0. The molecule has 0 aliphatic carbocycles. The van der Waals surface area contributed by atoms with E-state index in [-0.39, 0.29) is 37.7 Å². The highest BCUT2D eigenvalue weighted by Crippen LogP contribution is 2.25. The summed E-state index contributed by atoms with van der Waals surface area (Å²) in [5, 5.41) is 14.0. The Bertz CT molecular complexity index is 875. The van der Waals surface area contributed by atoms with Gasteiger partial charge in [-0.3, -0.25) is 34.3 Å². The van der Waals surface area contributed by atoms with Crippen LogP contribution in [-0.2, 0) is 23.9 Å². The first kappa shape index (κ1) is 33.0. The van der Waals surface area contributed by atoms with Gasteiger partial charge in [0.15, 0.2) is 6.10 Å². The standard InChI is InChI=1S/C27H44N4O7/c1-6-7-8-9-10-11-12-13-24(32)28-23(20-37-25(33)18-29(2)3)27(38-26(34)19-30(4)5)21-14-16-22(17-15-21)31(35)36/h14-17,23,27H,6-13,18-20H2,1-5H3,(H,28,32)/t23-,27-/m1/s1. The van der Waals surface area contributed by atoms with Crippen molar-refractivity contribution >= 4 is 23.5 Å². The molecule has 1 aromatic carbocycles. The maximum atomic E-state index is 12.9. The lowest BCUT2D eigenvalue weighted by Gasteiger charge is -2.29. The van der Waals surface area contributed by atoms with Crippen molar-refractivity contribution in [2.24, 2.45) is 0 Å². The van der Waals surface area contributed by atoms with Gasteiger partial charge in [0.2, 0.25) is 5.91 Å². The predicted octanol–water partition coefficient (Wildman–Crippen LogP) is 3.47. The summed E-state index contributed by atoms with van der Waals surface area (Å²) in [7, 11) is 6.89. The molecule has 0 aromatic heterocycles. The quantitative estimate of drug-likeness (QED) is 0.122. The number of likely N-dealkylation sites (N-methyl/N-ethyl adjacent to an activating group) is 2. The number of nitro benzene ring substituents is 1. The summed E-state index contributed by atoms with van der Waals surface area (Å²) >= 11 is 0. The van der Waals surface area contributed by atoms with Crippen molar-refractivity contribution in [1.29, 1.82) is 0 Å². The van der Waals surface area contributed by atoms with Crippen LogP contribution >= 0.6 is 0 Å². The maximum Gasteiger partial charge on any atom is 0.320 e. The molecule has 2 atom stereocenters. The summed E-state index contributed by atoms with van der Waals surface area (Å²) in [6.45, 7) is 1.97. The van der Waals surface area contributed by atoms with Crippen LogP contribution in [0, 0.1) is 10.1 Å². The van der Waals surface area contributed by atoms with Gasteiger partial charge in [-0.05, 0) is 52.3 Å². The van der Waals surface area contributed by atoms with Gasteiger partial charge < -0.3 is 14.8 Å². The third-order valence-electron chi connectivity index (χ3n) is 5.72. The Kier molecular flexibility index (Phi) is 15.8. The minimum atomic E-state index is -1.02. The normalized spacial score (nSPS) is 12.7. The summed E-state index contributed by atoms with van der Waals surface area (Å²) in [5.41, 5.74) is 0.316. The Morgan fingerprint density at radius 3 is 2.00 bits per heavy atom. The second-order valence-electron chi connectivity index (χ2n) is 9.96. The fourth-order valence-corrected chi connectivity index (χ4v) is 3.82. The van der Waals surface area contributed by atoms with Crippen LogP contribution in [0.25, 0.3) is 0 Å². The molecule has 0 saturated heterocycles. The number of nitrogens with zero attached hydrogens (tertiary/aromatic N) is 3. The number of rotatable bonds is 19. The molecular formula is C27H44N4O7. The summed E-state index contributed by atoms with van der Waals surface area (Å²) < 4.78 is 11.2.